The van der Waals surface area contributed by atoms with Crippen LogP contribution >= 0.6 is 15.9 Å². The molecule has 102 valence electrons. The van der Waals surface area contributed by atoms with Gasteiger partial charge in [-0.15, -0.1) is 0 Å². The topological polar surface area (TPSA) is 25.2 Å². The summed E-state index contributed by atoms with van der Waals surface area (Å²) in [6.45, 7) is 5.24. The van der Waals surface area contributed by atoms with E-state index in [9.17, 15) is 0 Å². The quantitative estimate of drug-likeness (QED) is 0.834. The Bertz CT molecular complexity index is 521. The van der Waals surface area contributed by atoms with E-state index in [0.717, 1.165) is 35.4 Å². The minimum Gasteiger partial charge on any atom is -0.464 e. The van der Waals surface area contributed by atoms with Crippen molar-refractivity contribution in [2.24, 2.45) is 0 Å². The maximum atomic E-state index is 5.92. The second kappa shape index (κ2) is 6.92. The summed E-state index contributed by atoms with van der Waals surface area (Å²) in [6.07, 6.45) is 2.03. The first kappa shape index (κ1) is 14.4. The van der Waals surface area contributed by atoms with Gasteiger partial charge in [-0.3, -0.25) is 0 Å². The summed E-state index contributed by atoms with van der Waals surface area (Å²) in [5.41, 5.74) is 1.22. The number of halogens is 1. The van der Waals surface area contributed by atoms with Crippen LogP contribution in [0, 0.1) is 0 Å². The molecule has 3 heteroatoms. The van der Waals surface area contributed by atoms with Gasteiger partial charge in [-0.25, -0.2) is 0 Å². The van der Waals surface area contributed by atoms with Gasteiger partial charge in [0.2, 0.25) is 0 Å². The summed E-state index contributed by atoms with van der Waals surface area (Å²) >= 11 is 3.63. The fourth-order valence-electron chi connectivity index (χ4n) is 2.10. The Morgan fingerprint density at radius 2 is 1.95 bits per heavy atom. The zero-order valence-electron chi connectivity index (χ0n) is 11.4. The van der Waals surface area contributed by atoms with Crippen molar-refractivity contribution in [3.63, 3.8) is 0 Å². The number of nitrogens with one attached hydrogen (secondary N) is 1. The highest BCUT2D eigenvalue weighted by atomic mass is 79.9. The molecule has 1 N–H and O–H groups in total. The molecule has 0 aliphatic heterocycles. The highest BCUT2D eigenvalue weighted by molar-refractivity contribution is 9.10. The van der Waals surface area contributed by atoms with E-state index in [-0.39, 0.29) is 6.04 Å². The van der Waals surface area contributed by atoms with E-state index < -0.39 is 0 Å². The van der Waals surface area contributed by atoms with Gasteiger partial charge in [0, 0.05) is 10.9 Å². The molecule has 0 aliphatic rings. The van der Waals surface area contributed by atoms with Gasteiger partial charge in [-0.1, -0.05) is 48.0 Å². The van der Waals surface area contributed by atoms with Gasteiger partial charge >= 0.3 is 0 Å². The fourth-order valence-corrected chi connectivity index (χ4v) is 2.62. The van der Waals surface area contributed by atoms with E-state index in [1.54, 1.807) is 0 Å². The van der Waals surface area contributed by atoms with Crippen molar-refractivity contribution in [2.75, 3.05) is 6.54 Å². The lowest BCUT2D eigenvalue weighted by atomic mass is 10.0. The van der Waals surface area contributed by atoms with Gasteiger partial charge in [0.25, 0.3) is 0 Å². The van der Waals surface area contributed by atoms with Gasteiger partial charge in [-0.05, 0) is 36.7 Å². The van der Waals surface area contributed by atoms with E-state index >= 15 is 0 Å². The second-order valence-electron chi connectivity index (χ2n) is 4.57. The molecule has 2 nitrogen and oxygen atoms in total. The third-order valence-electron chi connectivity index (χ3n) is 3.13. The van der Waals surface area contributed by atoms with Crippen LogP contribution in [0.4, 0.5) is 0 Å². The number of benzene rings is 1. The molecule has 2 rings (SSSR count). The predicted octanol–water partition coefficient (Wildman–Crippen LogP) is 4.69. The molecule has 19 heavy (non-hydrogen) atoms. The molecule has 0 saturated carbocycles. The van der Waals surface area contributed by atoms with Crippen LogP contribution in [-0.2, 0) is 6.42 Å². The first-order chi connectivity index (χ1) is 9.26. The minimum absolute atomic E-state index is 0.107. The van der Waals surface area contributed by atoms with Crippen molar-refractivity contribution in [1.82, 2.24) is 5.32 Å². The molecular weight excluding hydrogens is 302 g/mol. The van der Waals surface area contributed by atoms with Crippen LogP contribution in [0.2, 0.25) is 0 Å². The Balaban J connectivity index is 2.32. The highest BCUT2D eigenvalue weighted by Crippen LogP contribution is 2.29. The number of rotatable bonds is 6. The van der Waals surface area contributed by atoms with Crippen LogP contribution in [0.15, 0.2) is 45.3 Å². The first-order valence-electron chi connectivity index (χ1n) is 6.82. The van der Waals surface area contributed by atoms with Crippen molar-refractivity contribution in [1.29, 1.82) is 0 Å². The summed E-state index contributed by atoms with van der Waals surface area (Å²) in [5.74, 6) is 2.02. The minimum atomic E-state index is 0.107. The lowest BCUT2D eigenvalue weighted by Gasteiger charge is -2.18. The molecule has 0 amide bonds. The number of hydrogen-bond donors (Lipinski definition) is 1. The molecule has 1 aromatic carbocycles. The highest BCUT2D eigenvalue weighted by Gasteiger charge is 2.19. The van der Waals surface area contributed by atoms with Crippen molar-refractivity contribution in [3.8, 4) is 0 Å². The van der Waals surface area contributed by atoms with Gasteiger partial charge in [0.1, 0.15) is 11.5 Å². The van der Waals surface area contributed by atoms with Gasteiger partial charge in [0.05, 0.1) is 6.04 Å². The van der Waals surface area contributed by atoms with Crippen molar-refractivity contribution in [3.05, 3.63) is 58.0 Å². The predicted molar refractivity (Wildman–Crippen MR) is 82.4 cm³/mol. The molecule has 0 saturated heterocycles. The number of hydrogen-bond acceptors (Lipinski definition) is 2. The molecule has 0 fully saturated rings. The van der Waals surface area contributed by atoms with E-state index in [1.165, 1.54) is 5.56 Å². The van der Waals surface area contributed by atoms with E-state index in [0.29, 0.717) is 0 Å². The lowest BCUT2D eigenvalue weighted by molar-refractivity contribution is 0.421. The SMILES string of the molecule is CCCNC(c1ccc(CC)o1)c1ccccc1Br. The van der Waals surface area contributed by atoms with Crippen LogP contribution in [0.1, 0.15) is 43.4 Å². The van der Waals surface area contributed by atoms with Crippen molar-refractivity contribution < 1.29 is 4.42 Å². The standard InChI is InChI=1S/C16H20BrNO/c1-3-11-18-16(13-7-5-6-8-14(13)17)15-10-9-12(4-2)19-15/h5-10,16,18H,3-4,11H2,1-2H3. The molecule has 1 aromatic heterocycles. The average molecular weight is 322 g/mol. The smallest absolute Gasteiger partial charge is 0.125 e. The lowest BCUT2D eigenvalue weighted by Crippen LogP contribution is -2.23. The van der Waals surface area contributed by atoms with Crippen molar-refractivity contribution in [2.45, 2.75) is 32.7 Å². The van der Waals surface area contributed by atoms with E-state index in [4.69, 9.17) is 4.42 Å². The van der Waals surface area contributed by atoms with Gasteiger partial charge in [-0.2, -0.15) is 0 Å². The molecular formula is C16H20BrNO. The third kappa shape index (κ3) is 3.48. The van der Waals surface area contributed by atoms with Crippen molar-refractivity contribution >= 4 is 15.9 Å². The fraction of sp³-hybridized carbons (Fsp3) is 0.375. The monoisotopic (exact) mass is 321 g/mol. The Kier molecular flexibility index (Phi) is 5.23. The third-order valence-corrected chi connectivity index (χ3v) is 3.85. The molecule has 1 unspecified atom stereocenters. The summed E-state index contributed by atoms with van der Waals surface area (Å²) < 4.78 is 7.03. The van der Waals surface area contributed by atoms with E-state index in [1.807, 2.05) is 6.07 Å². The molecule has 0 aliphatic carbocycles. The Morgan fingerprint density at radius 1 is 1.16 bits per heavy atom. The Hall–Kier alpha value is -1.06. The van der Waals surface area contributed by atoms with Crippen LogP contribution in [0.25, 0.3) is 0 Å². The largest absolute Gasteiger partial charge is 0.464 e. The Labute approximate surface area is 123 Å². The molecule has 2 aromatic rings. The van der Waals surface area contributed by atoms with Crippen LogP contribution < -0.4 is 5.32 Å². The average Bonchev–Trinajstić information content (AvgIpc) is 2.90. The normalized spacial score (nSPS) is 12.6. The van der Waals surface area contributed by atoms with Gasteiger partial charge in [0.15, 0.2) is 0 Å². The molecule has 0 spiro atoms. The zero-order chi connectivity index (χ0) is 13.7. The van der Waals surface area contributed by atoms with Crippen LogP contribution in [0.5, 0.6) is 0 Å². The van der Waals surface area contributed by atoms with Crippen LogP contribution in [0.3, 0.4) is 0 Å². The van der Waals surface area contributed by atoms with E-state index in [2.05, 4.69) is 65.4 Å². The Morgan fingerprint density at radius 3 is 2.58 bits per heavy atom. The maximum Gasteiger partial charge on any atom is 0.125 e. The van der Waals surface area contributed by atoms with Gasteiger partial charge < -0.3 is 9.73 Å². The second-order valence-corrected chi connectivity index (χ2v) is 5.42. The molecule has 1 atom stereocenters. The summed E-state index contributed by atoms with van der Waals surface area (Å²) in [5, 5.41) is 3.56. The number of aryl methyl sites for hydroxylation is 1. The summed E-state index contributed by atoms with van der Waals surface area (Å²) in [7, 11) is 0. The molecule has 0 bridgehead atoms. The summed E-state index contributed by atoms with van der Waals surface area (Å²) in [6, 6.07) is 12.5. The summed E-state index contributed by atoms with van der Waals surface area (Å²) in [4.78, 5) is 0. The maximum absolute atomic E-state index is 5.92. The first-order valence-corrected chi connectivity index (χ1v) is 7.62. The zero-order valence-corrected chi connectivity index (χ0v) is 13.0. The molecule has 0 radical (unpaired) electrons. The molecule has 1 heterocycles. The van der Waals surface area contributed by atoms with Crippen LogP contribution in [-0.4, -0.2) is 6.54 Å². The number of furan rings is 1.